The second-order valence-corrected chi connectivity index (χ2v) is 8.05. The van der Waals surface area contributed by atoms with Crippen LogP contribution in [-0.4, -0.2) is 36.3 Å². The second kappa shape index (κ2) is 4.84. The monoisotopic (exact) mass is 264 g/mol. The molecule has 2 fully saturated rings. The summed E-state index contributed by atoms with van der Waals surface area (Å²) < 4.78 is 35.7. The van der Waals surface area contributed by atoms with Gasteiger partial charge in [0.25, 0.3) is 0 Å². The van der Waals surface area contributed by atoms with Crippen molar-refractivity contribution in [3.8, 4) is 0 Å². The van der Waals surface area contributed by atoms with Crippen LogP contribution in [0.15, 0.2) is 0 Å². The molecule has 2 rings (SSSR count). The van der Waals surface area contributed by atoms with E-state index in [9.17, 15) is 17.9 Å². The van der Waals surface area contributed by atoms with Crippen molar-refractivity contribution in [3.05, 3.63) is 0 Å². The largest absolute Gasteiger partial charge is 0.390 e. The molecule has 0 aromatic carbocycles. The van der Waals surface area contributed by atoms with E-state index in [1.165, 1.54) is 0 Å². The average molecular weight is 264 g/mol. The number of aliphatic hydroxyl groups is 1. The summed E-state index contributed by atoms with van der Waals surface area (Å²) in [6, 6.07) is 0. The zero-order chi connectivity index (χ0) is 12.5. The number of fused-ring (bicyclic) bond motifs is 2. The van der Waals surface area contributed by atoms with Gasteiger partial charge in [-0.25, -0.2) is 8.42 Å². The van der Waals surface area contributed by atoms with Gasteiger partial charge in [-0.1, -0.05) is 12.8 Å². The molecule has 100 valence electrons. The van der Waals surface area contributed by atoms with Crippen LogP contribution < -0.4 is 0 Å². The van der Waals surface area contributed by atoms with Crippen molar-refractivity contribution >= 4 is 9.84 Å². The maximum absolute atomic E-state index is 11.9. The van der Waals surface area contributed by atoms with Gasteiger partial charge in [0, 0.05) is 0 Å². The van der Waals surface area contributed by atoms with Crippen LogP contribution in [0.2, 0.25) is 0 Å². The van der Waals surface area contributed by atoms with E-state index in [1.54, 1.807) is 0 Å². The van der Waals surface area contributed by atoms with E-state index < -0.39 is 15.4 Å². The third-order valence-electron chi connectivity index (χ3n) is 4.23. The Bertz CT molecular complexity index is 346. The molecular weight excluding hydrogens is 243 g/mol. The number of sulfone groups is 1. The third-order valence-corrected chi connectivity index (χ3v) is 6.89. The maximum atomic E-state index is 11.9. The fourth-order valence-corrected chi connectivity index (χ4v) is 5.83. The fraction of sp³-hybridized carbons (Fsp3) is 1.00. The molecule has 0 amide bonds. The van der Waals surface area contributed by atoms with Gasteiger partial charge in [0.15, 0.2) is 9.84 Å². The van der Waals surface area contributed by atoms with Gasteiger partial charge in [0.1, 0.15) is 0 Å². The lowest BCUT2D eigenvalue weighted by Crippen LogP contribution is -2.44. The Morgan fingerprint density at radius 3 is 2.24 bits per heavy atom. The number of unbranched alkanes of at least 4 members (excludes halogenated alkanes) is 2. The molecular formula is C12H21FO3S. The molecule has 2 heterocycles. The Morgan fingerprint density at radius 2 is 1.71 bits per heavy atom. The summed E-state index contributed by atoms with van der Waals surface area (Å²) in [5, 5.41) is 9.77. The van der Waals surface area contributed by atoms with Gasteiger partial charge in [-0.05, 0) is 38.5 Å². The lowest BCUT2D eigenvalue weighted by atomic mass is 9.88. The Kier molecular flexibility index (Phi) is 3.78. The predicted octanol–water partition coefficient (Wildman–Crippen LogP) is 1.99. The first-order valence-corrected chi connectivity index (χ1v) is 8.10. The SMILES string of the molecule is O=S1(=O)C2CCC1CC(O)(CCCCCF)C2. The summed E-state index contributed by atoms with van der Waals surface area (Å²) in [4.78, 5) is 0. The summed E-state index contributed by atoms with van der Waals surface area (Å²) >= 11 is 0. The van der Waals surface area contributed by atoms with Crippen LogP contribution in [0.5, 0.6) is 0 Å². The lowest BCUT2D eigenvalue weighted by molar-refractivity contribution is 0.0108. The normalized spacial score (nSPS) is 39.4. The van der Waals surface area contributed by atoms with E-state index in [2.05, 4.69) is 0 Å². The van der Waals surface area contributed by atoms with Crippen LogP contribution in [0.4, 0.5) is 4.39 Å². The molecule has 2 unspecified atom stereocenters. The Labute approximate surface area is 102 Å². The van der Waals surface area contributed by atoms with Crippen molar-refractivity contribution in [1.82, 2.24) is 0 Å². The van der Waals surface area contributed by atoms with Gasteiger partial charge >= 0.3 is 0 Å². The first-order valence-electron chi connectivity index (χ1n) is 6.49. The molecule has 3 nitrogen and oxygen atoms in total. The highest BCUT2D eigenvalue weighted by Crippen LogP contribution is 2.44. The van der Waals surface area contributed by atoms with E-state index in [4.69, 9.17) is 0 Å². The van der Waals surface area contributed by atoms with Crippen LogP contribution in [0.3, 0.4) is 0 Å². The first-order chi connectivity index (χ1) is 7.98. The number of hydrogen-bond acceptors (Lipinski definition) is 3. The summed E-state index contributed by atoms with van der Waals surface area (Å²) in [6.07, 6.45) is 4.93. The first kappa shape index (κ1) is 13.3. The Hall–Kier alpha value is -0.160. The number of halogens is 1. The molecule has 5 heteroatoms. The fourth-order valence-electron chi connectivity index (χ4n) is 3.27. The second-order valence-electron chi connectivity index (χ2n) is 5.54. The van der Waals surface area contributed by atoms with Crippen LogP contribution in [0.25, 0.3) is 0 Å². The molecule has 0 spiro atoms. The highest BCUT2D eigenvalue weighted by Gasteiger charge is 2.52. The van der Waals surface area contributed by atoms with Gasteiger partial charge in [0.05, 0.1) is 22.8 Å². The maximum Gasteiger partial charge on any atom is 0.156 e. The van der Waals surface area contributed by atoms with Gasteiger partial charge in [0.2, 0.25) is 0 Å². The topological polar surface area (TPSA) is 54.4 Å². The highest BCUT2D eigenvalue weighted by atomic mass is 32.2. The van der Waals surface area contributed by atoms with Crippen molar-refractivity contribution in [1.29, 1.82) is 0 Å². The van der Waals surface area contributed by atoms with E-state index in [-0.39, 0.29) is 17.2 Å². The molecule has 2 aliphatic rings. The minimum atomic E-state index is -2.96. The van der Waals surface area contributed by atoms with Crippen LogP contribution >= 0.6 is 0 Å². The van der Waals surface area contributed by atoms with Gasteiger partial charge in [-0.3, -0.25) is 4.39 Å². The standard InChI is InChI=1S/C12H21FO3S/c13-7-3-1-2-6-12(14)8-10-4-5-11(9-12)17(10,15)16/h10-11,14H,1-9H2. The lowest BCUT2D eigenvalue weighted by Gasteiger charge is -2.36. The summed E-state index contributed by atoms with van der Waals surface area (Å²) in [5.74, 6) is 0. The Balaban J connectivity index is 1.92. The molecule has 1 N–H and O–H groups in total. The van der Waals surface area contributed by atoms with E-state index >= 15 is 0 Å². The summed E-state index contributed by atoms with van der Waals surface area (Å²) in [5.41, 5.74) is -0.812. The zero-order valence-corrected chi connectivity index (χ0v) is 10.9. The zero-order valence-electron chi connectivity index (χ0n) is 10.1. The molecule has 0 aromatic rings. The average Bonchev–Trinajstić information content (AvgIpc) is 2.47. The van der Waals surface area contributed by atoms with E-state index in [0.717, 1.165) is 12.8 Å². The van der Waals surface area contributed by atoms with Crippen LogP contribution in [-0.2, 0) is 9.84 Å². The minimum Gasteiger partial charge on any atom is -0.390 e. The molecule has 0 saturated carbocycles. The molecule has 2 aliphatic heterocycles. The van der Waals surface area contributed by atoms with Crippen molar-refractivity contribution in [2.45, 2.75) is 67.5 Å². The number of rotatable bonds is 5. The van der Waals surface area contributed by atoms with Gasteiger partial charge in [-0.2, -0.15) is 0 Å². The van der Waals surface area contributed by atoms with Crippen molar-refractivity contribution in [3.63, 3.8) is 0 Å². The molecule has 0 radical (unpaired) electrons. The molecule has 0 aromatic heterocycles. The molecule has 2 atom stereocenters. The minimum absolute atomic E-state index is 0.307. The highest BCUT2D eigenvalue weighted by molar-refractivity contribution is 7.93. The Morgan fingerprint density at radius 1 is 1.12 bits per heavy atom. The number of hydrogen-bond donors (Lipinski definition) is 1. The van der Waals surface area contributed by atoms with Crippen LogP contribution in [0, 0.1) is 0 Å². The van der Waals surface area contributed by atoms with Crippen LogP contribution in [0.1, 0.15) is 51.4 Å². The van der Waals surface area contributed by atoms with Crippen molar-refractivity contribution in [2.24, 2.45) is 0 Å². The summed E-state index contributed by atoms with van der Waals surface area (Å²) in [6.45, 7) is -0.307. The smallest absolute Gasteiger partial charge is 0.156 e. The molecule has 0 aliphatic carbocycles. The van der Waals surface area contributed by atoms with Gasteiger partial charge < -0.3 is 5.11 Å². The summed E-state index contributed by atoms with van der Waals surface area (Å²) in [7, 11) is -2.96. The predicted molar refractivity (Wildman–Crippen MR) is 64.4 cm³/mol. The molecule has 17 heavy (non-hydrogen) atoms. The van der Waals surface area contributed by atoms with Crippen molar-refractivity contribution < 1.29 is 17.9 Å². The van der Waals surface area contributed by atoms with Crippen molar-refractivity contribution in [2.75, 3.05) is 6.67 Å². The number of alkyl halides is 1. The van der Waals surface area contributed by atoms with E-state index in [0.29, 0.717) is 38.5 Å². The van der Waals surface area contributed by atoms with Gasteiger partial charge in [-0.15, -0.1) is 0 Å². The molecule has 2 bridgehead atoms. The van der Waals surface area contributed by atoms with E-state index in [1.807, 2.05) is 0 Å². The quantitative estimate of drug-likeness (QED) is 0.773. The third kappa shape index (κ3) is 2.65. The molecule has 2 saturated heterocycles.